The Morgan fingerprint density at radius 1 is 1.08 bits per heavy atom. The summed E-state index contributed by atoms with van der Waals surface area (Å²) in [7, 11) is -1.99. The van der Waals surface area contributed by atoms with Crippen LogP contribution in [0.15, 0.2) is 42.5 Å². The minimum Gasteiger partial charge on any atom is -0.497 e. The van der Waals surface area contributed by atoms with E-state index in [2.05, 4.69) is 5.32 Å². The van der Waals surface area contributed by atoms with E-state index in [1.807, 2.05) is 32.0 Å². The first-order valence-electron chi connectivity index (χ1n) is 8.15. The van der Waals surface area contributed by atoms with Crippen LogP contribution in [0.3, 0.4) is 0 Å². The molecule has 0 aliphatic rings. The van der Waals surface area contributed by atoms with Gasteiger partial charge in [-0.1, -0.05) is 18.2 Å². The molecule has 2 rings (SSSR count). The molecule has 0 radical (unpaired) electrons. The third-order valence-corrected chi connectivity index (χ3v) is 5.26. The SMILES string of the molecule is COc1ccc(CNC(=O)CN(c2ccc(C)c(C)c2)S(C)(=O)=O)cc1. The van der Waals surface area contributed by atoms with E-state index in [9.17, 15) is 13.2 Å². The lowest BCUT2D eigenvalue weighted by Gasteiger charge is -2.22. The number of ether oxygens (including phenoxy) is 1. The van der Waals surface area contributed by atoms with Crippen molar-refractivity contribution in [1.29, 1.82) is 0 Å². The summed E-state index contributed by atoms with van der Waals surface area (Å²) in [4.78, 5) is 12.3. The van der Waals surface area contributed by atoms with Crippen molar-refractivity contribution in [3.05, 3.63) is 59.2 Å². The van der Waals surface area contributed by atoms with Crippen LogP contribution in [0.5, 0.6) is 5.75 Å². The van der Waals surface area contributed by atoms with Gasteiger partial charge in [-0.25, -0.2) is 8.42 Å². The lowest BCUT2D eigenvalue weighted by Crippen LogP contribution is -2.40. The van der Waals surface area contributed by atoms with Crippen LogP contribution in [0.4, 0.5) is 5.69 Å². The highest BCUT2D eigenvalue weighted by Gasteiger charge is 2.21. The van der Waals surface area contributed by atoms with Gasteiger partial charge in [-0.05, 0) is 54.8 Å². The smallest absolute Gasteiger partial charge is 0.241 e. The van der Waals surface area contributed by atoms with Gasteiger partial charge in [0.25, 0.3) is 0 Å². The van der Waals surface area contributed by atoms with Crippen LogP contribution in [0.1, 0.15) is 16.7 Å². The number of methoxy groups -OCH3 is 1. The van der Waals surface area contributed by atoms with Crippen molar-refractivity contribution >= 4 is 21.6 Å². The molecule has 0 atom stereocenters. The number of aryl methyl sites for hydroxylation is 2. The third-order valence-electron chi connectivity index (χ3n) is 4.11. The van der Waals surface area contributed by atoms with Crippen molar-refractivity contribution in [2.45, 2.75) is 20.4 Å². The Labute approximate surface area is 154 Å². The number of nitrogens with one attached hydrogen (secondary N) is 1. The van der Waals surface area contributed by atoms with Gasteiger partial charge in [0.2, 0.25) is 15.9 Å². The number of benzene rings is 2. The molecule has 0 aliphatic heterocycles. The maximum Gasteiger partial charge on any atom is 0.241 e. The molecule has 0 bridgehead atoms. The Kier molecular flexibility index (Phi) is 6.26. The average Bonchev–Trinajstić information content (AvgIpc) is 2.60. The van der Waals surface area contributed by atoms with E-state index in [-0.39, 0.29) is 12.5 Å². The van der Waals surface area contributed by atoms with E-state index in [4.69, 9.17) is 4.74 Å². The second-order valence-electron chi connectivity index (χ2n) is 6.16. The van der Waals surface area contributed by atoms with Gasteiger partial charge in [-0.2, -0.15) is 0 Å². The molecule has 1 N–H and O–H groups in total. The quantitative estimate of drug-likeness (QED) is 0.805. The largest absolute Gasteiger partial charge is 0.497 e. The second kappa shape index (κ2) is 8.23. The molecule has 2 aromatic carbocycles. The third kappa shape index (κ3) is 5.23. The minimum absolute atomic E-state index is 0.266. The molecule has 7 heteroatoms. The molecule has 0 spiro atoms. The number of rotatable bonds is 7. The zero-order valence-corrected chi connectivity index (χ0v) is 16.3. The lowest BCUT2D eigenvalue weighted by molar-refractivity contribution is -0.119. The molecule has 0 saturated carbocycles. The number of carbonyl (C=O) groups is 1. The van der Waals surface area contributed by atoms with E-state index >= 15 is 0 Å². The predicted octanol–water partition coefficient (Wildman–Crippen LogP) is 2.39. The summed E-state index contributed by atoms with van der Waals surface area (Å²) in [6.07, 6.45) is 1.10. The van der Waals surface area contributed by atoms with E-state index in [1.165, 1.54) is 0 Å². The van der Waals surface area contributed by atoms with Crippen molar-refractivity contribution in [2.75, 3.05) is 24.2 Å². The number of hydrogen-bond donors (Lipinski definition) is 1. The first kappa shape index (κ1) is 19.8. The first-order valence-corrected chi connectivity index (χ1v) is 10.00. The highest BCUT2D eigenvalue weighted by Crippen LogP contribution is 2.21. The van der Waals surface area contributed by atoms with Crippen molar-refractivity contribution in [3.63, 3.8) is 0 Å². The summed E-state index contributed by atoms with van der Waals surface area (Å²) in [5, 5.41) is 2.75. The monoisotopic (exact) mass is 376 g/mol. The number of carbonyl (C=O) groups excluding carboxylic acids is 1. The molecule has 0 saturated heterocycles. The van der Waals surface area contributed by atoms with E-state index in [0.717, 1.165) is 33.0 Å². The Morgan fingerprint density at radius 2 is 1.73 bits per heavy atom. The standard InChI is InChI=1S/C19H24N2O4S/c1-14-5-8-17(11-15(14)2)21(26(4,23)24)13-19(22)20-12-16-6-9-18(25-3)10-7-16/h5-11H,12-13H2,1-4H3,(H,20,22). The first-order chi connectivity index (χ1) is 12.2. The number of sulfonamides is 1. The van der Waals surface area contributed by atoms with E-state index < -0.39 is 10.0 Å². The van der Waals surface area contributed by atoms with Crippen LogP contribution < -0.4 is 14.4 Å². The van der Waals surface area contributed by atoms with Crippen LogP contribution in [-0.4, -0.2) is 34.2 Å². The number of anilines is 1. The summed E-state index contributed by atoms with van der Waals surface area (Å²) in [5.74, 6) is 0.363. The zero-order chi connectivity index (χ0) is 19.3. The average molecular weight is 376 g/mol. The van der Waals surface area contributed by atoms with Gasteiger partial charge in [0, 0.05) is 6.54 Å². The highest BCUT2D eigenvalue weighted by atomic mass is 32.2. The van der Waals surface area contributed by atoms with Crippen LogP contribution in [-0.2, 0) is 21.4 Å². The molecule has 0 unspecified atom stereocenters. The molecule has 2 aromatic rings. The Hall–Kier alpha value is -2.54. The fourth-order valence-corrected chi connectivity index (χ4v) is 3.26. The van der Waals surface area contributed by atoms with Gasteiger partial charge >= 0.3 is 0 Å². The summed E-state index contributed by atoms with van der Waals surface area (Å²) in [6.45, 7) is 3.90. The molecule has 0 fully saturated rings. The molecule has 26 heavy (non-hydrogen) atoms. The fourth-order valence-electron chi connectivity index (χ4n) is 2.41. The van der Waals surface area contributed by atoms with E-state index in [0.29, 0.717) is 12.2 Å². The zero-order valence-electron chi connectivity index (χ0n) is 15.4. The van der Waals surface area contributed by atoms with Crippen LogP contribution in [0.2, 0.25) is 0 Å². The molecular weight excluding hydrogens is 352 g/mol. The molecule has 6 nitrogen and oxygen atoms in total. The van der Waals surface area contributed by atoms with Gasteiger partial charge < -0.3 is 10.1 Å². The summed E-state index contributed by atoms with van der Waals surface area (Å²) in [5.41, 5.74) is 3.41. The topological polar surface area (TPSA) is 75.7 Å². The molecule has 140 valence electrons. The van der Waals surface area contributed by atoms with Gasteiger partial charge in [-0.15, -0.1) is 0 Å². The Morgan fingerprint density at radius 3 is 2.27 bits per heavy atom. The molecule has 0 aliphatic carbocycles. The van der Waals surface area contributed by atoms with Gasteiger partial charge in [0.1, 0.15) is 12.3 Å². The number of hydrogen-bond acceptors (Lipinski definition) is 4. The van der Waals surface area contributed by atoms with Crippen molar-refractivity contribution in [1.82, 2.24) is 5.32 Å². The molecule has 0 aromatic heterocycles. The van der Waals surface area contributed by atoms with Crippen LogP contribution in [0, 0.1) is 13.8 Å². The van der Waals surface area contributed by atoms with Crippen LogP contribution in [0.25, 0.3) is 0 Å². The van der Waals surface area contributed by atoms with Gasteiger partial charge in [-0.3, -0.25) is 9.10 Å². The fraction of sp³-hybridized carbons (Fsp3) is 0.316. The van der Waals surface area contributed by atoms with E-state index in [1.54, 1.807) is 31.4 Å². The lowest BCUT2D eigenvalue weighted by atomic mass is 10.1. The summed E-state index contributed by atoms with van der Waals surface area (Å²) >= 11 is 0. The number of amides is 1. The Balaban J connectivity index is 2.07. The summed E-state index contributed by atoms with van der Waals surface area (Å²) in [6, 6.07) is 12.6. The van der Waals surface area contributed by atoms with Crippen molar-refractivity contribution in [2.24, 2.45) is 0 Å². The molecule has 1 amide bonds. The highest BCUT2D eigenvalue weighted by molar-refractivity contribution is 7.92. The van der Waals surface area contributed by atoms with Crippen molar-refractivity contribution in [3.8, 4) is 5.75 Å². The normalized spacial score (nSPS) is 11.1. The van der Waals surface area contributed by atoms with Crippen molar-refractivity contribution < 1.29 is 17.9 Å². The summed E-state index contributed by atoms with van der Waals surface area (Å²) < 4.78 is 30.5. The van der Waals surface area contributed by atoms with Gasteiger partial charge in [0.15, 0.2) is 0 Å². The second-order valence-corrected chi connectivity index (χ2v) is 8.07. The molecule has 0 heterocycles. The predicted molar refractivity (Wildman–Crippen MR) is 103 cm³/mol. The van der Waals surface area contributed by atoms with Gasteiger partial charge in [0.05, 0.1) is 19.1 Å². The molecular formula is C19H24N2O4S. The Bertz CT molecular complexity index is 877. The maximum absolute atomic E-state index is 12.3. The van der Waals surface area contributed by atoms with Crippen LogP contribution >= 0.6 is 0 Å². The minimum atomic E-state index is -3.58. The number of nitrogens with zero attached hydrogens (tertiary/aromatic N) is 1. The maximum atomic E-state index is 12.3.